The van der Waals surface area contributed by atoms with E-state index in [2.05, 4.69) is 6.58 Å². The predicted molar refractivity (Wildman–Crippen MR) is 62.4 cm³/mol. The second-order valence-electron chi connectivity index (χ2n) is 3.48. The Morgan fingerprint density at radius 3 is 2.81 bits per heavy atom. The maximum atomic E-state index is 11.1. The van der Waals surface area contributed by atoms with Crippen molar-refractivity contribution in [2.24, 2.45) is 0 Å². The fraction of sp³-hybridized carbons (Fsp3) is 0.308. The topological polar surface area (TPSA) is 35.5 Å². The molecular formula is C13H16O3. The number of hydrogen-bond acceptors (Lipinski definition) is 3. The number of carbonyl (C=O) groups excluding carboxylic acids is 1. The Hall–Kier alpha value is -1.61. The quantitative estimate of drug-likeness (QED) is 0.434. The van der Waals surface area contributed by atoms with Gasteiger partial charge in [-0.15, -0.1) is 0 Å². The summed E-state index contributed by atoms with van der Waals surface area (Å²) in [6.07, 6.45) is 1.94. The minimum atomic E-state index is -0.447. The summed E-state index contributed by atoms with van der Waals surface area (Å²) < 4.78 is 10.3. The van der Waals surface area contributed by atoms with E-state index in [9.17, 15) is 4.79 Å². The predicted octanol–water partition coefficient (Wildman–Crippen LogP) is 2.36. The number of hydrogen-bond donors (Lipinski definition) is 0. The normalized spacial score (nSPS) is 11.9. The molecule has 16 heavy (non-hydrogen) atoms. The molecular weight excluding hydrogens is 204 g/mol. The van der Waals surface area contributed by atoms with Gasteiger partial charge in [0.2, 0.25) is 0 Å². The van der Waals surface area contributed by atoms with E-state index in [1.54, 1.807) is 13.2 Å². The molecule has 0 saturated carbocycles. The molecule has 0 aliphatic rings. The Morgan fingerprint density at radius 2 is 2.19 bits per heavy atom. The monoisotopic (exact) mass is 220 g/mol. The third-order valence-corrected chi connectivity index (χ3v) is 2.26. The van der Waals surface area contributed by atoms with E-state index in [1.807, 2.05) is 25.1 Å². The van der Waals surface area contributed by atoms with Crippen LogP contribution in [0.15, 0.2) is 36.9 Å². The largest absolute Gasteiger partial charge is 0.423 e. The molecule has 0 amide bonds. The van der Waals surface area contributed by atoms with E-state index in [0.717, 1.165) is 11.6 Å². The zero-order chi connectivity index (χ0) is 12.0. The van der Waals surface area contributed by atoms with E-state index in [1.165, 1.54) is 0 Å². The van der Waals surface area contributed by atoms with Crippen LogP contribution >= 0.6 is 0 Å². The van der Waals surface area contributed by atoms with E-state index < -0.39 is 5.97 Å². The van der Waals surface area contributed by atoms with E-state index in [-0.39, 0.29) is 6.10 Å². The smallest absolute Gasteiger partial charge is 0.335 e. The number of esters is 1. The van der Waals surface area contributed by atoms with E-state index in [0.29, 0.717) is 12.2 Å². The molecule has 1 rings (SSSR count). The first kappa shape index (κ1) is 12.5. The summed E-state index contributed by atoms with van der Waals surface area (Å²) in [5, 5.41) is 0. The van der Waals surface area contributed by atoms with Gasteiger partial charge in [0.15, 0.2) is 0 Å². The molecule has 0 N–H and O–H groups in total. The van der Waals surface area contributed by atoms with Gasteiger partial charge in [0.1, 0.15) is 5.75 Å². The third-order valence-electron chi connectivity index (χ3n) is 2.26. The van der Waals surface area contributed by atoms with E-state index >= 15 is 0 Å². The average molecular weight is 220 g/mol. The summed E-state index contributed by atoms with van der Waals surface area (Å²) in [5.74, 6) is 0.119. The zero-order valence-corrected chi connectivity index (χ0v) is 9.60. The molecule has 1 atom stereocenters. The lowest BCUT2D eigenvalue weighted by Gasteiger charge is -2.12. The number of ether oxygens (including phenoxy) is 2. The molecule has 0 aliphatic heterocycles. The summed E-state index contributed by atoms with van der Waals surface area (Å²) in [4.78, 5) is 11.1. The second-order valence-corrected chi connectivity index (χ2v) is 3.48. The van der Waals surface area contributed by atoms with Crippen molar-refractivity contribution in [2.75, 3.05) is 7.11 Å². The van der Waals surface area contributed by atoms with Gasteiger partial charge in [-0.3, -0.25) is 0 Å². The molecule has 1 aromatic rings. The number of rotatable bonds is 5. The van der Waals surface area contributed by atoms with Crippen LogP contribution in [0.4, 0.5) is 0 Å². The fourth-order valence-corrected chi connectivity index (χ4v) is 1.32. The van der Waals surface area contributed by atoms with Crippen LogP contribution in [0.1, 0.15) is 12.5 Å². The van der Waals surface area contributed by atoms with E-state index in [4.69, 9.17) is 9.47 Å². The van der Waals surface area contributed by atoms with Gasteiger partial charge >= 0.3 is 5.97 Å². The standard InChI is InChI=1S/C13H16O3/c1-4-13(14)16-12-8-6-5-7-11(12)9-10(2)15-3/h4-8,10H,1,9H2,2-3H3. The van der Waals surface area contributed by atoms with Crippen molar-refractivity contribution in [1.82, 2.24) is 0 Å². The lowest BCUT2D eigenvalue weighted by Crippen LogP contribution is -2.11. The Kier molecular flexibility index (Phi) is 4.73. The van der Waals surface area contributed by atoms with Crippen molar-refractivity contribution < 1.29 is 14.3 Å². The van der Waals surface area contributed by atoms with Gasteiger partial charge in [0.25, 0.3) is 0 Å². The van der Waals surface area contributed by atoms with Crippen molar-refractivity contribution in [2.45, 2.75) is 19.4 Å². The maximum absolute atomic E-state index is 11.1. The number of methoxy groups -OCH3 is 1. The highest BCUT2D eigenvalue weighted by atomic mass is 16.5. The second kappa shape index (κ2) is 6.08. The summed E-state index contributed by atoms with van der Waals surface area (Å²) >= 11 is 0. The fourth-order valence-electron chi connectivity index (χ4n) is 1.32. The Balaban J connectivity index is 2.82. The molecule has 0 spiro atoms. The Morgan fingerprint density at radius 1 is 1.50 bits per heavy atom. The molecule has 0 saturated heterocycles. The van der Waals surface area contributed by atoms with Gasteiger partial charge in [-0.2, -0.15) is 0 Å². The average Bonchev–Trinajstić information content (AvgIpc) is 2.31. The van der Waals surface area contributed by atoms with Crippen molar-refractivity contribution in [1.29, 1.82) is 0 Å². The molecule has 3 heteroatoms. The van der Waals surface area contributed by atoms with Gasteiger partial charge < -0.3 is 9.47 Å². The number of carbonyl (C=O) groups is 1. The highest BCUT2D eigenvalue weighted by molar-refractivity contribution is 5.83. The molecule has 86 valence electrons. The zero-order valence-electron chi connectivity index (χ0n) is 9.60. The van der Waals surface area contributed by atoms with Crippen LogP contribution in [-0.2, 0) is 16.0 Å². The number of benzene rings is 1. The molecule has 3 nitrogen and oxygen atoms in total. The molecule has 0 radical (unpaired) electrons. The first-order chi connectivity index (χ1) is 7.67. The van der Waals surface area contributed by atoms with Crippen molar-refractivity contribution in [3.05, 3.63) is 42.5 Å². The van der Waals surface area contributed by atoms with Gasteiger partial charge in [0.05, 0.1) is 6.10 Å². The minimum Gasteiger partial charge on any atom is -0.423 e. The van der Waals surface area contributed by atoms with Crippen molar-refractivity contribution >= 4 is 5.97 Å². The van der Waals surface area contributed by atoms with Crippen LogP contribution in [0.5, 0.6) is 5.75 Å². The van der Waals surface area contributed by atoms with Crippen molar-refractivity contribution in [3.63, 3.8) is 0 Å². The SMILES string of the molecule is C=CC(=O)Oc1ccccc1CC(C)OC. The first-order valence-corrected chi connectivity index (χ1v) is 5.12. The van der Waals surface area contributed by atoms with Gasteiger partial charge in [0, 0.05) is 19.6 Å². The summed E-state index contributed by atoms with van der Waals surface area (Å²) in [6.45, 7) is 5.33. The molecule has 0 bridgehead atoms. The lowest BCUT2D eigenvalue weighted by molar-refractivity contribution is -0.129. The summed E-state index contributed by atoms with van der Waals surface area (Å²) in [6, 6.07) is 7.41. The molecule has 1 unspecified atom stereocenters. The molecule has 0 aliphatic carbocycles. The first-order valence-electron chi connectivity index (χ1n) is 5.12. The molecule has 1 aromatic carbocycles. The van der Waals surface area contributed by atoms with Crippen LogP contribution in [0.2, 0.25) is 0 Å². The Labute approximate surface area is 95.7 Å². The highest BCUT2D eigenvalue weighted by Gasteiger charge is 2.09. The van der Waals surface area contributed by atoms with Gasteiger partial charge in [-0.25, -0.2) is 4.79 Å². The summed E-state index contributed by atoms with van der Waals surface area (Å²) in [5.41, 5.74) is 0.951. The minimum absolute atomic E-state index is 0.0867. The van der Waals surface area contributed by atoms with Gasteiger partial charge in [-0.05, 0) is 18.6 Å². The summed E-state index contributed by atoms with van der Waals surface area (Å²) in [7, 11) is 1.66. The maximum Gasteiger partial charge on any atom is 0.335 e. The molecule has 0 fully saturated rings. The molecule has 0 aromatic heterocycles. The van der Waals surface area contributed by atoms with Crippen molar-refractivity contribution in [3.8, 4) is 5.75 Å². The number of para-hydroxylation sites is 1. The third kappa shape index (κ3) is 3.51. The van der Waals surface area contributed by atoms with Crippen LogP contribution in [0.25, 0.3) is 0 Å². The Bertz CT molecular complexity index is 371. The van der Waals surface area contributed by atoms with Crippen LogP contribution in [0, 0.1) is 0 Å². The van der Waals surface area contributed by atoms with Crippen LogP contribution in [0.3, 0.4) is 0 Å². The van der Waals surface area contributed by atoms with Gasteiger partial charge in [-0.1, -0.05) is 24.8 Å². The van der Waals surface area contributed by atoms with Crippen LogP contribution in [-0.4, -0.2) is 19.2 Å². The highest BCUT2D eigenvalue weighted by Crippen LogP contribution is 2.20. The van der Waals surface area contributed by atoms with Crippen LogP contribution < -0.4 is 4.74 Å². The molecule has 0 heterocycles. The lowest BCUT2D eigenvalue weighted by atomic mass is 10.1.